The summed E-state index contributed by atoms with van der Waals surface area (Å²) in [5.41, 5.74) is 6.13. The second-order valence-electron chi connectivity index (χ2n) is 3.68. The number of rotatable bonds is 3. The quantitative estimate of drug-likeness (QED) is 0.797. The molecule has 0 saturated carbocycles. The van der Waals surface area contributed by atoms with Crippen molar-refractivity contribution in [3.8, 4) is 11.5 Å². The van der Waals surface area contributed by atoms with Crippen molar-refractivity contribution in [3.05, 3.63) is 57.0 Å². The molecule has 2 rings (SSSR count). The summed E-state index contributed by atoms with van der Waals surface area (Å²) in [5.74, 6) is 0.940. The molecule has 0 bridgehead atoms. The first kappa shape index (κ1) is 14.4. The molecule has 2 nitrogen and oxygen atoms in total. The summed E-state index contributed by atoms with van der Waals surface area (Å²) in [4.78, 5) is 0.161. The van der Waals surface area contributed by atoms with Crippen molar-refractivity contribution in [1.29, 1.82) is 0 Å². The van der Waals surface area contributed by atoms with Crippen molar-refractivity contribution in [1.82, 2.24) is 0 Å². The zero-order valence-electron chi connectivity index (χ0n) is 9.49. The maximum Gasteiger partial charge on any atom is 0.139 e. The molecular formula is C13H8Cl3NOS. The predicted molar refractivity (Wildman–Crippen MR) is 83.9 cm³/mol. The molecule has 0 aliphatic carbocycles. The van der Waals surface area contributed by atoms with E-state index >= 15 is 0 Å². The van der Waals surface area contributed by atoms with Crippen LogP contribution in [0.1, 0.15) is 5.56 Å². The summed E-state index contributed by atoms with van der Waals surface area (Å²) < 4.78 is 5.69. The Balaban J connectivity index is 2.43. The zero-order valence-corrected chi connectivity index (χ0v) is 12.6. The Kier molecular flexibility index (Phi) is 4.53. The van der Waals surface area contributed by atoms with Crippen LogP contribution in [0.4, 0.5) is 0 Å². The highest BCUT2D eigenvalue weighted by Gasteiger charge is 2.12. The SMILES string of the molecule is NC(=S)c1c(Cl)cccc1Oc1cc(Cl)cc(Cl)c1. The molecule has 0 radical (unpaired) electrons. The lowest BCUT2D eigenvalue weighted by Gasteiger charge is -2.12. The summed E-state index contributed by atoms with van der Waals surface area (Å²) in [7, 11) is 0. The van der Waals surface area contributed by atoms with Gasteiger partial charge in [-0.25, -0.2) is 0 Å². The second kappa shape index (κ2) is 5.97. The van der Waals surface area contributed by atoms with Crippen LogP contribution in [0, 0.1) is 0 Å². The third-order valence-corrected chi connectivity index (χ3v) is 3.24. The molecule has 19 heavy (non-hydrogen) atoms. The summed E-state index contributed by atoms with van der Waals surface area (Å²) in [6, 6.07) is 10.0. The Morgan fingerprint density at radius 2 is 1.68 bits per heavy atom. The fourth-order valence-electron chi connectivity index (χ4n) is 1.54. The number of ether oxygens (including phenoxy) is 1. The molecule has 6 heteroatoms. The summed E-state index contributed by atoms with van der Waals surface area (Å²) in [6.07, 6.45) is 0. The molecule has 0 amide bonds. The fraction of sp³-hybridized carbons (Fsp3) is 0. The van der Waals surface area contributed by atoms with Gasteiger partial charge in [-0.2, -0.15) is 0 Å². The molecule has 0 aliphatic heterocycles. The molecule has 0 atom stereocenters. The van der Waals surface area contributed by atoms with Gasteiger partial charge in [0.05, 0.1) is 10.6 Å². The van der Waals surface area contributed by atoms with E-state index in [1.54, 1.807) is 36.4 Å². The topological polar surface area (TPSA) is 35.2 Å². The summed E-state index contributed by atoms with van der Waals surface area (Å²) in [6.45, 7) is 0. The minimum absolute atomic E-state index is 0.161. The monoisotopic (exact) mass is 331 g/mol. The number of halogens is 3. The van der Waals surface area contributed by atoms with Crippen LogP contribution in [0.15, 0.2) is 36.4 Å². The van der Waals surface area contributed by atoms with Crippen molar-refractivity contribution in [2.45, 2.75) is 0 Å². The van der Waals surface area contributed by atoms with Crippen molar-refractivity contribution in [3.63, 3.8) is 0 Å². The number of benzene rings is 2. The number of hydrogen-bond acceptors (Lipinski definition) is 2. The molecule has 0 saturated heterocycles. The van der Waals surface area contributed by atoms with Crippen LogP contribution in [-0.4, -0.2) is 4.99 Å². The smallest absolute Gasteiger partial charge is 0.139 e. The molecule has 0 aliphatic rings. The van der Waals surface area contributed by atoms with Crippen molar-refractivity contribution in [2.75, 3.05) is 0 Å². The molecule has 0 spiro atoms. The molecular weight excluding hydrogens is 325 g/mol. The van der Waals surface area contributed by atoms with Crippen molar-refractivity contribution < 1.29 is 4.74 Å². The van der Waals surface area contributed by atoms with Crippen LogP contribution < -0.4 is 10.5 Å². The highest BCUT2D eigenvalue weighted by Crippen LogP contribution is 2.32. The van der Waals surface area contributed by atoms with Gasteiger partial charge in [0.2, 0.25) is 0 Å². The van der Waals surface area contributed by atoms with E-state index < -0.39 is 0 Å². The van der Waals surface area contributed by atoms with Gasteiger partial charge in [0, 0.05) is 10.0 Å². The van der Waals surface area contributed by atoms with Gasteiger partial charge in [-0.05, 0) is 30.3 Å². The van der Waals surface area contributed by atoms with E-state index in [1.807, 2.05) is 0 Å². The Hall–Kier alpha value is -1.000. The van der Waals surface area contributed by atoms with Crippen LogP contribution in [-0.2, 0) is 0 Å². The highest BCUT2D eigenvalue weighted by molar-refractivity contribution is 7.80. The van der Waals surface area contributed by atoms with E-state index in [2.05, 4.69) is 0 Å². The van der Waals surface area contributed by atoms with Crippen LogP contribution >= 0.6 is 47.0 Å². The molecule has 98 valence electrons. The van der Waals surface area contributed by atoms with Crippen molar-refractivity contribution in [2.24, 2.45) is 5.73 Å². The highest BCUT2D eigenvalue weighted by atomic mass is 35.5. The maximum atomic E-state index is 6.05. The zero-order chi connectivity index (χ0) is 14.0. The van der Waals surface area contributed by atoms with Gasteiger partial charge in [-0.1, -0.05) is 53.1 Å². The lowest BCUT2D eigenvalue weighted by Crippen LogP contribution is -2.11. The fourth-order valence-corrected chi connectivity index (χ4v) is 2.58. The summed E-state index contributed by atoms with van der Waals surface area (Å²) >= 11 is 22.8. The Bertz CT molecular complexity index is 626. The first-order valence-corrected chi connectivity index (χ1v) is 6.74. The number of hydrogen-bond donors (Lipinski definition) is 1. The minimum Gasteiger partial charge on any atom is -0.456 e. The van der Waals surface area contributed by atoms with E-state index in [-0.39, 0.29) is 4.99 Å². The Morgan fingerprint density at radius 1 is 1.05 bits per heavy atom. The first-order valence-electron chi connectivity index (χ1n) is 5.19. The van der Waals surface area contributed by atoms with Gasteiger partial charge in [0.25, 0.3) is 0 Å². The Morgan fingerprint density at radius 3 is 2.26 bits per heavy atom. The van der Waals surface area contributed by atoms with E-state index in [4.69, 9.17) is 57.5 Å². The van der Waals surface area contributed by atoms with Gasteiger partial charge < -0.3 is 10.5 Å². The Labute approximate surface area is 131 Å². The molecule has 0 aromatic heterocycles. The molecule has 0 unspecified atom stereocenters. The maximum absolute atomic E-state index is 6.05. The second-order valence-corrected chi connectivity index (χ2v) is 5.40. The predicted octanol–water partition coefficient (Wildman–Crippen LogP) is 5.07. The van der Waals surface area contributed by atoms with Gasteiger partial charge in [0.1, 0.15) is 16.5 Å². The number of thiocarbonyl (C=S) groups is 1. The van der Waals surface area contributed by atoms with Crippen LogP contribution in [0.2, 0.25) is 15.1 Å². The standard InChI is InChI=1S/C13H8Cl3NOS/c14-7-4-8(15)6-9(5-7)18-11-3-1-2-10(16)12(11)13(17)19/h1-6H,(H2,17,19). The van der Waals surface area contributed by atoms with Crippen LogP contribution in [0.25, 0.3) is 0 Å². The average Bonchev–Trinajstić information content (AvgIpc) is 2.26. The van der Waals surface area contributed by atoms with Gasteiger partial charge in [-0.15, -0.1) is 0 Å². The third kappa shape index (κ3) is 3.51. The lowest BCUT2D eigenvalue weighted by molar-refractivity contribution is 0.482. The van der Waals surface area contributed by atoms with E-state index in [0.717, 1.165) is 0 Å². The van der Waals surface area contributed by atoms with Crippen molar-refractivity contribution >= 4 is 52.0 Å². The summed E-state index contributed by atoms with van der Waals surface area (Å²) in [5, 5.41) is 1.38. The number of nitrogens with two attached hydrogens (primary N) is 1. The minimum atomic E-state index is 0.161. The van der Waals surface area contributed by atoms with Gasteiger partial charge in [0.15, 0.2) is 0 Å². The van der Waals surface area contributed by atoms with E-state index in [1.165, 1.54) is 0 Å². The largest absolute Gasteiger partial charge is 0.456 e. The molecule has 2 aromatic carbocycles. The van der Waals surface area contributed by atoms with Gasteiger partial charge >= 0.3 is 0 Å². The molecule has 0 heterocycles. The van der Waals surface area contributed by atoms with E-state index in [0.29, 0.717) is 32.1 Å². The van der Waals surface area contributed by atoms with Crippen LogP contribution in [0.5, 0.6) is 11.5 Å². The van der Waals surface area contributed by atoms with Gasteiger partial charge in [-0.3, -0.25) is 0 Å². The molecule has 0 fully saturated rings. The first-order chi connectivity index (χ1) is 8.97. The van der Waals surface area contributed by atoms with E-state index in [9.17, 15) is 0 Å². The molecule has 2 aromatic rings. The molecule has 2 N–H and O–H groups in total. The lowest BCUT2D eigenvalue weighted by atomic mass is 10.2. The third-order valence-electron chi connectivity index (χ3n) is 2.29. The van der Waals surface area contributed by atoms with Crippen LogP contribution in [0.3, 0.4) is 0 Å². The normalized spacial score (nSPS) is 10.3. The average molecular weight is 333 g/mol.